The maximum Gasteiger partial charge on any atom is 0.254 e. The highest BCUT2D eigenvalue weighted by Crippen LogP contribution is 2.33. The number of carbonyl (C=O) groups excluding carboxylic acids is 1. The van der Waals surface area contributed by atoms with Crippen molar-refractivity contribution in [3.8, 4) is 17.2 Å². The van der Waals surface area contributed by atoms with E-state index < -0.39 is 0 Å². The molecule has 1 atom stereocenters. The van der Waals surface area contributed by atoms with Gasteiger partial charge in [-0.05, 0) is 68.6 Å². The molecule has 4 rings (SSSR count). The zero-order chi connectivity index (χ0) is 21.6. The Morgan fingerprint density at radius 3 is 2.87 bits per heavy atom. The molecule has 6 nitrogen and oxygen atoms in total. The molecule has 31 heavy (non-hydrogen) atoms. The average molecular weight is 425 g/mol. The first-order valence-electron chi connectivity index (χ1n) is 11.2. The van der Waals surface area contributed by atoms with Crippen LogP contribution in [0.5, 0.6) is 17.2 Å². The average Bonchev–Trinajstić information content (AvgIpc) is 3.27. The second-order valence-electron chi connectivity index (χ2n) is 8.38. The molecule has 0 aromatic heterocycles. The van der Waals surface area contributed by atoms with Gasteiger partial charge in [0.15, 0.2) is 11.5 Å². The van der Waals surface area contributed by atoms with Crippen LogP contribution >= 0.6 is 0 Å². The third-order valence-electron chi connectivity index (χ3n) is 6.23. The second kappa shape index (κ2) is 10.1. The van der Waals surface area contributed by atoms with Crippen molar-refractivity contribution in [1.29, 1.82) is 0 Å². The van der Waals surface area contributed by atoms with Crippen LogP contribution in [0.4, 0.5) is 0 Å². The largest absolute Gasteiger partial charge is 0.497 e. The number of fused-ring (bicyclic) bond motifs is 1. The van der Waals surface area contributed by atoms with Gasteiger partial charge in [-0.3, -0.25) is 4.79 Å². The van der Waals surface area contributed by atoms with Crippen molar-refractivity contribution in [2.75, 3.05) is 33.5 Å². The summed E-state index contributed by atoms with van der Waals surface area (Å²) >= 11 is 0. The maximum absolute atomic E-state index is 13.4. The molecule has 1 amide bonds. The Morgan fingerprint density at radius 2 is 2.03 bits per heavy atom. The van der Waals surface area contributed by atoms with Crippen LogP contribution in [0.2, 0.25) is 0 Å². The van der Waals surface area contributed by atoms with Crippen molar-refractivity contribution in [2.45, 2.75) is 45.2 Å². The van der Waals surface area contributed by atoms with E-state index in [1.165, 1.54) is 19.3 Å². The molecule has 1 unspecified atom stereocenters. The van der Waals surface area contributed by atoms with E-state index >= 15 is 0 Å². The van der Waals surface area contributed by atoms with Gasteiger partial charge in [0.25, 0.3) is 5.91 Å². The van der Waals surface area contributed by atoms with Gasteiger partial charge in [-0.1, -0.05) is 18.6 Å². The molecule has 0 radical (unpaired) electrons. The predicted molar refractivity (Wildman–Crippen MR) is 120 cm³/mol. The first-order chi connectivity index (χ1) is 15.1. The monoisotopic (exact) mass is 424 g/mol. The molecule has 0 N–H and O–H groups in total. The van der Waals surface area contributed by atoms with E-state index in [4.69, 9.17) is 14.2 Å². The minimum atomic E-state index is 0.0169. The topological polar surface area (TPSA) is 51.2 Å². The number of amides is 1. The molecule has 1 fully saturated rings. The molecule has 2 aromatic rings. The number of carbonyl (C=O) groups is 1. The smallest absolute Gasteiger partial charge is 0.254 e. The minimum absolute atomic E-state index is 0.0169. The lowest BCUT2D eigenvalue weighted by Crippen LogP contribution is -2.40. The van der Waals surface area contributed by atoms with E-state index in [2.05, 4.69) is 11.8 Å². The highest BCUT2D eigenvalue weighted by molar-refractivity contribution is 5.94. The van der Waals surface area contributed by atoms with Gasteiger partial charge in [0.2, 0.25) is 6.79 Å². The highest BCUT2D eigenvalue weighted by atomic mass is 16.7. The lowest BCUT2D eigenvalue weighted by atomic mass is 10.0. The van der Waals surface area contributed by atoms with Gasteiger partial charge >= 0.3 is 0 Å². The molecule has 1 saturated heterocycles. The molecule has 0 aliphatic carbocycles. The van der Waals surface area contributed by atoms with Gasteiger partial charge in [0.1, 0.15) is 5.75 Å². The Hall–Kier alpha value is -2.73. The Labute approximate surface area is 184 Å². The summed E-state index contributed by atoms with van der Waals surface area (Å²) in [5.74, 6) is 2.21. The normalized spacial score (nSPS) is 18.1. The molecular formula is C25H32N2O4. The number of nitrogens with zero attached hydrogens (tertiary/aromatic N) is 2. The number of benzene rings is 2. The lowest BCUT2D eigenvalue weighted by Gasteiger charge is -2.34. The Kier molecular flexibility index (Phi) is 6.97. The van der Waals surface area contributed by atoms with E-state index in [0.717, 1.165) is 36.6 Å². The number of methoxy groups -OCH3 is 1. The van der Waals surface area contributed by atoms with Crippen LogP contribution in [0.25, 0.3) is 0 Å². The maximum atomic E-state index is 13.4. The SMILES string of the molecule is COc1cccc(C(=O)N(CCCN2CCCCC2C)Cc2ccc3c(c2)OCO3)c1. The summed E-state index contributed by atoms with van der Waals surface area (Å²) < 4.78 is 16.3. The van der Waals surface area contributed by atoms with Gasteiger partial charge in [-0.25, -0.2) is 0 Å². The number of rotatable bonds is 8. The van der Waals surface area contributed by atoms with Crippen molar-refractivity contribution in [3.63, 3.8) is 0 Å². The number of hydrogen-bond acceptors (Lipinski definition) is 5. The third-order valence-corrected chi connectivity index (χ3v) is 6.23. The molecular weight excluding hydrogens is 392 g/mol. The van der Waals surface area contributed by atoms with Gasteiger partial charge < -0.3 is 24.0 Å². The van der Waals surface area contributed by atoms with Gasteiger partial charge in [-0.2, -0.15) is 0 Å². The van der Waals surface area contributed by atoms with E-state index in [1.807, 2.05) is 47.4 Å². The number of piperidine rings is 1. The summed E-state index contributed by atoms with van der Waals surface area (Å²) in [6, 6.07) is 13.9. The van der Waals surface area contributed by atoms with E-state index in [1.54, 1.807) is 7.11 Å². The van der Waals surface area contributed by atoms with Crippen LogP contribution in [-0.2, 0) is 6.54 Å². The number of hydrogen-bond donors (Lipinski definition) is 0. The molecule has 0 saturated carbocycles. The Bertz CT molecular complexity index is 901. The van der Waals surface area contributed by atoms with Gasteiger partial charge in [0.05, 0.1) is 7.11 Å². The molecule has 2 aliphatic rings. The molecule has 2 aromatic carbocycles. The molecule has 2 heterocycles. The Balaban J connectivity index is 1.47. The molecule has 2 aliphatic heterocycles. The molecule has 0 bridgehead atoms. The fraction of sp³-hybridized carbons (Fsp3) is 0.480. The molecule has 6 heteroatoms. The summed E-state index contributed by atoms with van der Waals surface area (Å²) in [5, 5.41) is 0. The van der Waals surface area contributed by atoms with Crippen LogP contribution < -0.4 is 14.2 Å². The first kappa shape index (κ1) is 21.5. The van der Waals surface area contributed by atoms with Crippen molar-refractivity contribution in [3.05, 3.63) is 53.6 Å². The molecule has 0 spiro atoms. The summed E-state index contributed by atoms with van der Waals surface area (Å²) in [7, 11) is 1.62. The van der Waals surface area contributed by atoms with Crippen LogP contribution in [-0.4, -0.2) is 55.3 Å². The van der Waals surface area contributed by atoms with Crippen LogP contribution in [0.3, 0.4) is 0 Å². The second-order valence-corrected chi connectivity index (χ2v) is 8.38. The summed E-state index contributed by atoms with van der Waals surface area (Å²) in [5.41, 5.74) is 1.68. The standard InChI is InChI=1S/C25H32N2O4/c1-19-7-3-4-12-26(19)13-6-14-27(25(28)21-8-5-9-22(16-21)29-2)17-20-10-11-23-24(15-20)31-18-30-23/h5,8-11,15-16,19H,3-4,6-7,12-14,17-18H2,1-2H3. The fourth-order valence-corrected chi connectivity index (χ4v) is 4.41. The van der Waals surface area contributed by atoms with Gasteiger partial charge in [-0.15, -0.1) is 0 Å². The van der Waals surface area contributed by atoms with Gasteiger partial charge in [0, 0.05) is 31.2 Å². The van der Waals surface area contributed by atoms with Crippen molar-refractivity contribution < 1.29 is 19.0 Å². The van der Waals surface area contributed by atoms with Crippen molar-refractivity contribution in [1.82, 2.24) is 9.80 Å². The fourth-order valence-electron chi connectivity index (χ4n) is 4.41. The zero-order valence-electron chi connectivity index (χ0n) is 18.5. The van der Waals surface area contributed by atoms with Crippen LogP contribution in [0.1, 0.15) is 48.5 Å². The number of likely N-dealkylation sites (tertiary alicyclic amines) is 1. The molecule has 166 valence electrons. The van der Waals surface area contributed by atoms with Crippen LogP contribution in [0.15, 0.2) is 42.5 Å². The third kappa shape index (κ3) is 5.31. The van der Waals surface area contributed by atoms with Crippen LogP contribution in [0, 0.1) is 0 Å². The summed E-state index contributed by atoms with van der Waals surface area (Å²) in [4.78, 5) is 17.9. The van der Waals surface area contributed by atoms with Crippen molar-refractivity contribution >= 4 is 5.91 Å². The lowest BCUT2D eigenvalue weighted by molar-refractivity contribution is 0.0726. The first-order valence-corrected chi connectivity index (χ1v) is 11.2. The summed E-state index contributed by atoms with van der Waals surface area (Å²) in [6.07, 6.45) is 4.81. The van der Waals surface area contributed by atoms with Crippen molar-refractivity contribution in [2.24, 2.45) is 0 Å². The van der Waals surface area contributed by atoms with E-state index in [9.17, 15) is 4.79 Å². The predicted octanol–water partition coefficient (Wildman–Crippen LogP) is 4.33. The minimum Gasteiger partial charge on any atom is -0.497 e. The Morgan fingerprint density at radius 1 is 1.16 bits per heavy atom. The number of ether oxygens (including phenoxy) is 3. The van der Waals surface area contributed by atoms with E-state index in [-0.39, 0.29) is 12.7 Å². The quantitative estimate of drug-likeness (QED) is 0.631. The van der Waals surface area contributed by atoms with E-state index in [0.29, 0.717) is 30.4 Å². The highest BCUT2D eigenvalue weighted by Gasteiger charge is 2.21. The zero-order valence-corrected chi connectivity index (χ0v) is 18.5. The summed E-state index contributed by atoms with van der Waals surface area (Å²) in [6.45, 7) is 5.97.